The molecule has 1 atom stereocenters. The fourth-order valence-corrected chi connectivity index (χ4v) is 2.92. The van der Waals surface area contributed by atoms with Crippen molar-refractivity contribution in [3.05, 3.63) is 29.8 Å². The summed E-state index contributed by atoms with van der Waals surface area (Å²) >= 11 is 1.93. The Labute approximate surface area is 117 Å². The van der Waals surface area contributed by atoms with Gasteiger partial charge in [-0.1, -0.05) is 39.8 Å². The van der Waals surface area contributed by atoms with Crippen LogP contribution in [-0.4, -0.2) is 18.8 Å². The van der Waals surface area contributed by atoms with Crippen molar-refractivity contribution < 1.29 is 0 Å². The van der Waals surface area contributed by atoms with Crippen molar-refractivity contribution >= 4 is 11.8 Å². The molecule has 0 saturated carbocycles. The molecule has 1 nitrogen and oxygen atoms in total. The fourth-order valence-electron chi connectivity index (χ4n) is 2.08. The molecule has 0 aliphatic rings. The van der Waals surface area contributed by atoms with Crippen LogP contribution < -0.4 is 5.32 Å². The van der Waals surface area contributed by atoms with E-state index < -0.39 is 0 Å². The fraction of sp³-hybridized carbons (Fsp3) is 0.625. The highest BCUT2D eigenvalue weighted by atomic mass is 32.2. The minimum Gasteiger partial charge on any atom is -0.319 e. The molecule has 1 aromatic carbocycles. The second kappa shape index (κ2) is 7.85. The Morgan fingerprint density at radius 2 is 1.67 bits per heavy atom. The minimum atomic E-state index is 0.656. The zero-order valence-electron chi connectivity index (χ0n) is 12.4. The lowest BCUT2D eigenvalue weighted by Crippen LogP contribution is -2.25. The number of rotatable bonds is 7. The Hall–Kier alpha value is -0.470. The Morgan fingerprint density at radius 1 is 1.06 bits per heavy atom. The second-order valence-electron chi connectivity index (χ2n) is 5.58. The molecule has 1 rings (SSSR count). The van der Waals surface area contributed by atoms with Crippen LogP contribution in [0.3, 0.4) is 0 Å². The van der Waals surface area contributed by atoms with Gasteiger partial charge in [0.1, 0.15) is 0 Å². The Kier molecular flexibility index (Phi) is 6.80. The first kappa shape index (κ1) is 15.6. The normalized spacial score (nSPS) is 13.3. The van der Waals surface area contributed by atoms with Crippen LogP contribution >= 0.6 is 11.8 Å². The molecule has 0 heterocycles. The Balaban J connectivity index is 2.61. The van der Waals surface area contributed by atoms with Gasteiger partial charge in [-0.2, -0.15) is 0 Å². The lowest BCUT2D eigenvalue weighted by molar-refractivity contribution is 0.370. The molecule has 0 fully saturated rings. The molecular weight excluding hydrogens is 238 g/mol. The van der Waals surface area contributed by atoms with E-state index >= 15 is 0 Å². The van der Waals surface area contributed by atoms with Gasteiger partial charge in [0.2, 0.25) is 0 Å². The molecule has 2 heteroatoms. The van der Waals surface area contributed by atoms with Gasteiger partial charge >= 0.3 is 0 Å². The van der Waals surface area contributed by atoms with Crippen LogP contribution in [0.25, 0.3) is 0 Å². The topological polar surface area (TPSA) is 12.0 Å². The van der Waals surface area contributed by atoms with Gasteiger partial charge in [0, 0.05) is 10.1 Å². The summed E-state index contributed by atoms with van der Waals surface area (Å²) < 4.78 is 0. The van der Waals surface area contributed by atoms with Crippen molar-refractivity contribution in [3.63, 3.8) is 0 Å². The van der Waals surface area contributed by atoms with Crippen molar-refractivity contribution in [1.82, 2.24) is 5.32 Å². The zero-order valence-corrected chi connectivity index (χ0v) is 13.2. The first-order chi connectivity index (χ1) is 8.52. The van der Waals surface area contributed by atoms with E-state index in [1.807, 2.05) is 18.8 Å². The first-order valence-corrected chi connectivity index (χ1v) is 7.81. The molecule has 0 amide bonds. The van der Waals surface area contributed by atoms with Gasteiger partial charge in [-0.15, -0.1) is 11.8 Å². The second-order valence-corrected chi connectivity index (χ2v) is 7.23. The lowest BCUT2D eigenvalue weighted by atomic mass is 9.89. The Bertz CT molecular complexity index is 329. The first-order valence-electron chi connectivity index (χ1n) is 6.93. The number of nitrogens with one attached hydrogen (secondary N) is 1. The predicted molar refractivity (Wildman–Crippen MR) is 83.4 cm³/mol. The molecule has 0 aliphatic heterocycles. The predicted octanol–water partition coefficient (Wildman–Crippen LogP) is 4.22. The SMILES string of the molecule is CNCC(Cc1ccc(SC(C)C)cc1)C(C)C. The van der Waals surface area contributed by atoms with E-state index in [1.54, 1.807) is 0 Å². The van der Waals surface area contributed by atoms with Crippen LogP contribution in [0.2, 0.25) is 0 Å². The molecule has 0 spiro atoms. The average molecular weight is 265 g/mol. The van der Waals surface area contributed by atoms with Gasteiger partial charge in [-0.25, -0.2) is 0 Å². The van der Waals surface area contributed by atoms with Crippen molar-refractivity contribution in [2.45, 2.75) is 44.3 Å². The van der Waals surface area contributed by atoms with E-state index in [9.17, 15) is 0 Å². The largest absolute Gasteiger partial charge is 0.319 e. The van der Waals surface area contributed by atoms with Gasteiger partial charge < -0.3 is 5.32 Å². The van der Waals surface area contributed by atoms with Gasteiger partial charge in [0.15, 0.2) is 0 Å². The van der Waals surface area contributed by atoms with Gasteiger partial charge in [0.25, 0.3) is 0 Å². The summed E-state index contributed by atoms with van der Waals surface area (Å²) in [4.78, 5) is 1.38. The third-order valence-corrected chi connectivity index (χ3v) is 4.22. The summed E-state index contributed by atoms with van der Waals surface area (Å²) in [5.41, 5.74) is 1.46. The molecule has 0 radical (unpaired) electrons. The van der Waals surface area contributed by atoms with Crippen molar-refractivity contribution in [3.8, 4) is 0 Å². The minimum absolute atomic E-state index is 0.656. The van der Waals surface area contributed by atoms with Gasteiger partial charge in [-0.3, -0.25) is 0 Å². The molecule has 0 aromatic heterocycles. The number of thioether (sulfide) groups is 1. The van der Waals surface area contributed by atoms with Crippen LogP contribution in [0.1, 0.15) is 33.3 Å². The quantitative estimate of drug-likeness (QED) is 0.741. The molecule has 0 bridgehead atoms. The van der Waals surface area contributed by atoms with Gasteiger partial charge in [0.05, 0.1) is 0 Å². The maximum atomic E-state index is 3.30. The van der Waals surface area contributed by atoms with E-state index in [0.717, 1.165) is 18.4 Å². The smallest absolute Gasteiger partial charge is 0.00747 e. The average Bonchev–Trinajstić information content (AvgIpc) is 2.30. The molecule has 0 saturated heterocycles. The summed E-state index contributed by atoms with van der Waals surface area (Å²) in [5.74, 6) is 1.45. The molecule has 102 valence electrons. The van der Waals surface area contributed by atoms with E-state index in [2.05, 4.69) is 57.3 Å². The summed E-state index contributed by atoms with van der Waals surface area (Å²) in [6.07, 6.45) is 1.17. The Morgan fingerprint density at radius 3 is 2.11 bits per heavy atom. The maximum absolute atomic E-state index is 3.30. The molecule has 1 N–H and O–H groups in total. The lowest BCUT2D eigenvalue weighted by Gasteiger charge is -2.20. The monoisotopic (exact) mass is 265 g/mol. The van der Waals surface area contributed by atoms with E-state index in [0.29, 0.717) is 5.25 Å². The van der Waals surface area contributed by atoms with Crippen molar-refractivity contribution in [2.75, 3.05) is 13.6 Å². The highest BCUT2D eigenvalue weighted by molar-refractivity contribution is 7.99. The third kappa shape index (κ3) is 5.45. The van der Waals surface area contributed by atoms with Crippen LogP contribution in [0.15, 0.2) is 29.2 Å². The van der Waals surface area contributed by atoms with Crippen molar-refractivity contribution in [1.29, 1.82) is 0 Å². The van der Waals surface area contributed by atoms with E-state index in [-0.39, 0.29) is 0 Å². The van der Waals surface area contributed by atoms with E-state index in [4.69, 9.17) is 0 Å². The summed E-state index contributed by atoms with van der Waals surface area (Å²) in [7, 11) is 2.04. The summed E-state index contributed by atoms with van der Waals surface area (Å²) in [6, 6.07) is 9.10. The van der Waals surface area contributed by atoms with Crippen LogP contribution in [0.4, 0.5) is 0 Å². The van der Waals surface area contributed by atoms with Crippen molar-refractivity contribution in [2.24, 2.45) is 11.8 Å². The number of hydrogen-bond acceptors (Lipinski definition) is 2. The molecule has 1 aromatic rings. The van der Waals surface area contributed by atoms with Crippen LogP contribution in [0, 0.1) is 11.8 Å². The highest BCUT2D eigenvalue weighted by Crippen LogP contribution is 2.24. The maximum Gasteiger partial charge on any atom is 0.00747 e. The summed E-state index contributed by atoms with van der Waals surface area (Å²) in [6.45, 7) is 10.2. The van der Waals surface area contributed by atoms with E-state index in [1.165, 1.54) is 16.9 Å². The standard InChI is InChI=1S/C16H27NS/c1-12(2)15(11-17-5)10-14-6-8-16(9-7-14)18-13(3)4/h6-9,12-13,15,17H,10-11H2,1-5H3. The molecule has 1 unspecified atom stereocenters. The third-order valence-electron chi connectivity index (χ3n) is 3.20. The highest BCUT2D eigenvalue weighted by Gasteiger charge is 2.13. The number of benzene rings is 1. The summed E-state index contributed by atoms with van der Waals surface area (Å²) in [5, 5.41) is 3.96. The van der Waals surface area contributed by atoms with Crippen LogP contribution in [-0.2, 0) is 6.42 Å². The zero-order chi connectivity index (χ0) is 13.5. The number of hydrogen-bond donors (Lipinski definition) is 1. The molecule has 18 heavy (non-hydrogen) atoms. The molecule has 0 aliphatic carbocycles. The van der Waals surface area contributed by atoms with Crippen LogP contribution in [0.5, 0.6) is 0 Å². The molecular formula is C16H27NS. The van der Waals surface area contributed by atoms with Gasteiger partial charge in [-0.05, 0) is 49.5 Å².